The van der Waals surface area contributed by atoms with E-state index in [1.54, 1.807) is 0 Å². The van der Waals surface area contributed by atoms with Crippen molar-refractivity contribution < 1.29 is 0 Å². The van der Waals surface area contributed by atoms with Crippen molar-refractivity contribution in [3.05, 3.63) is 95.8 Å². The molecule has 0 spiro atoms. The largest absolute Gasteiger partial charge is 0.359 e. The second-order valence-electron chi connectivity index (χ2n) is 10.5. The maximum Gasteiger partial charge on any atom is 0.123 e. The van der Waals surface area contributed by atoms with E-state index in [0.29, 0.717) is 11.8 Å². The van der Waals surface area contributed by atoms with Crippen LogP contribution in [0, 0.1) is 6.92 Å². The van der Waals surface area contributed by atoms with Crippen LogP contribution >= 0.6 is 0 Å². The summed E-state index contributed by atoms with van der Waals surface area (Å²) in [6.45, 7) is 13.8. The van der Waals surface area contributed by atoms with Crippen LogP contribution in [0.4, 0.5) is 5.82 Å². The molecular formula is C32H37N3. The van der Waals surface area contributed by atoms with E-state index in [2.05, 4.69) is 142 Å². The van der Waals surface area contributed by atoms with Crippen molar-refractivity contribution in [1.82, 2.24) is 9.47 Å². The van der Waals surface area contributed by atoms with Gasteiger partial charge in [0.2, 0.25) is 0 Å². The van der Waals surface area contributed by atoms with Crippen LogP contribution in [0.3, 0.4) is 0 Å². The maximum atomic E-state index is 2.55. The number of anilines is 1. The van der Waals surface area contributed by atoms with Crippen LogP contribution in [-0.2, 0) is 0 Å². The Bertz CT molecular complexity index is 1360. The summed E-state index contributed by atoms with van der Waals surface area (Å²) in [6.07, 6.45) is 4.66. The zero-order chi connectivity index (χ0) is 24.9. The predicted molar refractivity (Wildman–Crippen MR) is 150 cm³/mol. The van der Waals surface area contributed by atoms with Crippen LogP contribution in [0.15, 0.2) is 79.1 Å². The van der Waals surface area contributed by atoms with Crippen LogP contribution in [0.1, 0.15) is 63.1 Å². The monoisotopic (exact) mass is 463 g/mol. The van der Waals surface area contributed by atoms with E-state index in [-0.39, 0.29) is 6.17 Å². The molecule has 0 radical (unpaired) electrons. The van der Waals surface area contributed by atoms with Crippen molar-refractivity contribution in [2.45, 2.75) is 59.5 Å². The van der Waals surface area contributed by atoms with Gasteiger partial charge in [0.1, 0.15) is 12.0 Å². The van der Waals surface area contributed by atoms with Crippen LogP contribution in [-0.4, -0.2) is 22.7 Å². The van der Waals surface area contributed by atoms with E-state index in [1.807, 2.05) is 0 Å². The van der Waals surface area contributed by atoms with E-state index >= 15 is 0 Å². The Labute approximate surface area is 210 Å². The molecule has 1 atom stereocenters. The molecular weight excluding hydrogens is 426 g/mol. The average Bonchev–Trinajstić information content (AvgIpc) is 3.34. The second-order valence-corrected chi connectivity index (χ2v) is 10.5. The first-order valence-corrected chi connectivity index (χ1v) is 12.8. The van der Waals surface area contributed by atoms with Crippen molar-refractivity contribution in [1.29, 1.82) is 0 Å². The number of para-hydroxylation sites is 1. The third-order valence-electron chi connectivity index (χ3n) is 7.54. The summed E-state index contributed by atoms with van der Waals surface area (Å²) in [4.78, 5) is 4.70. The van der Waals surface area contributed by atoms with Gasteiger partial charge in [-0.25, -0.2) is 0 Å². The summed E-state index contributed by atoms with van der Waals surface area (Å²) in [5.41, 5.74) is 9.28. The fourth-order valence-electron chi connectivity index (χ4n) is 5.41. The third-order valence-corrected chi connectivity index (χ3v) is 7.54. The third kappa shape index (κ3) is 3.83. The molecule has 0 amide bonds. The van der Waals surface area contributed by atoms with E-state index < -0.39 is 0 Å². The van der Waals surface area contributed by atoms with Crippen molar-refractivity contribution in [3.8, 4) is 16.8 Å². The highest BCUT2D eigenvalue weighted by Gasteiger charge is 2.30. The lowest BCUT2D eigenvalue weighted by Crippen LogP contribution is -2.35. The van der Waals surface area contributed by atoms with Gasteiger partial charge in [0, 0.05) is 24.8 Å². The SMILES string of the molecule is Cc1c(N2C=CN(C)[C@@H]2C)n(-c2c(C(C)C)cc(-c3ccccc3)cc2C(C)C)c2ccccc12. The standard InChI is InChI=1S/C32H37N3/c1-21(2)28-19-26(25-13-9-8-10-14-25)20-29(22(3)4)31(28)35-30-16-12-11-15-27(30)23(5)32(35)34-18-17-33(7)24(34)6/h8-22,24H,1-7H3/t24-/m0/s1. The summed E-state index contributed by atoms with van der Waals surface area (Å²) in [6, 6.07) is 24.5. The highest BCUT2D eigenvalue weighted by molar-refractivity contribution is 5.93. The Kier molecular flexibility index (Phi) is 5.96. The Morgan fingerprint density at radius 2 is 1.34 bits per heavy atom. The highest BCUT2D eigenvalue weighted by atomic mass is 15.4. The van der Waals surface area contributed by atoms with Crippen LogP contribution in [0.2, 0.25) is 0 Å². The minimum atomic E-state index is 0.255. The number of benzene rings is 3. The van der Waals surface area contributed by atoms with E-state index in [1.165, 1.54) is 50.2 Å². The summed E-state index contributed by atoms with van der Waals surface area (Å²) < 4.78 is 2.55. The number of hydrogen-bond donors (Lipinski definition) is 0. The van der Waals surface area contributed by atoms with Gasteiger partial charge >= 0.3 is 0 Å². The molecule has 0 bridgehead atoms. The molecule has 180 valence electrons. The molecule has 1 aliphatic heterocycles. The van der Waals surface area contributed by atoms with Crippen molar-refractivity contribution >= 4 is 16.7 Å². The minimum absolute atomic E-state index is 0.255. The molecule has 0 unspecified atom stereocenters. The second kappa shape index (κ2) is 8.96. The highest BCUT2D eigenvalue weighted by Crippen LogP contribution is 2.43. The number of rotatable bonds is 5. The van der Waals surface area contributed by atoms with Crippen molar-refractivity contribution in [2.75, 3.05) is 11.9 Å². The van der Waals surface area contributed by atoms with Gasteiger partial charge in [0.25, 0.3) is 0 Å². The molecule has 3 heteroatoms. The number of aryl methyl sites for hydroxylation is 1. The molecule has 0 saturated carbocycles. The van der Waals surface area contributed by atoms with Gasteiger partial charge in [-0.3, -0.25) is 4.57 Å². The molecule has 1 aromatic heterocycles. The summed E-state index contributed by atoms with van der Waals surface area (Å²) in [5, 5.41) is 1.31. The number of nitrogens with zero attached hydrogens (tertiary/aromatic N) is 3. The molecule has 3 aromatic carbocycles. The fraction of sp³-hybridized carbons (Fsp3) is 0.312. The first-order valence-electron chi connectivity index (χ1n) is 12.8. The molecule has 0 fully saturated rings. The van der Waals surface area contributed by atoms with E-state index in [0.717, 1.165) is 0 Å². The van der Waals surface area contributed by atoms with Gasteiger partial charge in [0.05, 0.1) is 11.2 Å². The molecule has 1 aliphatic rings. The van der Waals surface area contributed by atoms with E-state index in [4.69, 9.17) is 0 Å². The summed E-state index contributed by atoms with van der Waals surface area (Å²) >= 11 is 0. The van der Waals surface area contributed by atoms with Gasteiger partial charge in [-0.15, -0.1) is 0 Å². The zero-order valence-electron chi connectivity index (χ0n) is 22.1. The van der Waals surface area contributed by atoms with Gasteiger partial charge in [0.15, 0.2) is 0 Å². The number of fused-ring (bicyclic) bond motifs is 1. The average molecular weight is 464 g/mol. The lowest BCUT2D eigenvalue weighted by Gasteiger charge is -2.31. The zero-order valence-corrected chi connectivity index (χ0v) is 22.1. The number of aromatic nitrogens is 1. The molecule has 2 heterocycles. The maximum absolute atomic E-state index is 2.55. The first kappa shape index (κ1) is 23.3. The molecule has 4 aromatic rings. The smallest absolute Gasteiger partial charge is 0.123 e. The lowest BCUT2D eigenvalue weighted by molar-refractivity contribution is 0.381. The molecule has 5 rings (SSSR count). The van der Waals surface area contributed by atoms with Crippen molar-refractivity contribution in [2.24, 2.45) is 0 Å². The van der Waals surface area contributed by atoms with Crippen molar-refractivity contribution in [3.63, 3.8) is 0 Å². The van der Waals surface area contributed by atoms with Gasteiger partial charge < -0.3 is 9.80 Å². The Morgan fingerprint density at radius 3 is 1.91 bits per heavy atom. The molecule has 0 aliphatic carbocycles. The lowest BCUT2D eigenvalue weighted by atomic mass is 9.88. The van der Waals surface area contributed by atoms with E-state index in [9.17, 15) is 0 Å². The predicted octanol–water partition coefficient (Wildman–Crippen LogP) is 8.42. The number of hydrogen-bond acceptors (Lipinski definition) is 2. The minimum Gasteiger partial charge on any atom is -0.359 e. The molecule has 35 heavy (non-hydrogen) atoms. The van der Waals surface area contributed by atoms with Gasteiger partial charge in [-0.2, -0.15) is 0 Å². The first-order chi connectivity index (χ1) is 16.8. The Morgan fingerprint density at radius 1 is 0.743 bits per heavy atom. The quantitative estimate of drug-likeness (QED) is 0.294. The normalized spacial score (nSPS) is 15.9. The van der Waals surface area contributed by atoms with Crippen LogP contribution in [0.5, 0.6) is 0 Å². The van der Waals surface area contributed by atoms with Crippen LogP contribution < -0.4 is 4.90 Å². The topological polar surface area (TPSA) is 11.4 Å². The van der Waals surface area contributed by atoms with Gasteiger partial charge in [-0.1, -0.05) is 76.2 Å². The van der Waals surface area contributed by atoms with Gasteiger partial charge in [-0.05, 0) is 71.7 Å². The molecule has 0 N–H and O–H groups in total. The van der Waals surface area contributed by atoms with Crippen LogP contribution in [0.25, 0.3) is 27.7 Å². The fourth-order valence-corrected chi connectivity index (χ4v) is 5.41. The molecule has 3 nitrogen and oxygen atoms in total. The summed E-state index contributed by atoms with van der Waals surface area (Å²) in [5.74, 6) is 2.03. The molecule has 0 saturated heterocycles. The Balaban J connectivity index is 1.88. The Hall–Kier alpha value is -3.46. The summed E-state index contributed by atoms with van der Waals surface area (Å²) in [7, 11) is 2.15.